The highest BCUT2D eigenvalue weighted by atomic mass is 16.5. The molecule has 2 saturated heterocycles. The van der Waals surface area contributed by atoms with Gasteiger partial charge in [0, 0.05) is 26.2 Å². The highest BCUT2D eigenvalue weighted by molar-refractivity contribution is 5.84. The Morgan fingerprint density at radius 2 is 2.19 bits per heavy atom. The third kappa shape index (κ3) is 3.99. The fourth-order valence-corrected chi connectivity index (χ4v) is 4.55. The van der Waals surface area contributed by atoms with Crippen LogP contribution in [0.25, 0.3) is 0 Å². The van der Waals surface area contributed by atoms with Gasteiger partial charge in [-0.25, -0.2) is 0 Å². The Balaban J connectivity index is 1.82. The fourth-order valence-electron chi connectivity index (χ4n) is 4.55. The number of benzene rings is 1. The Kier molecular flexibility index (Phi) is 6.11. The van der Waals surface area contributed by atoms with Crippen molar-refractivity contribution in [3.63, 3.8) is 0 Å². The van der Waals surface area contributed by atoms with Gasteiger partial charge in [-0.1, -0.05) is 19.9 Å². The van der Waals surface area contributed by atoms with Crippen LogP contribution in [0.4, 0.5) is 0 Å². The van der Waals surface area contributed by atoms with Crippen molar-refractivity contribution < 1.29 is 14.6 Å². The summed E-state index contributed by atoms with van der Waals surface area (Å²) in [5.41, 5.74) is 3.09. The van der Waals surface area contributed by atoms with E-state index in [1.165, 1.54) is 16.7 Å². The second-order valence-corrected chi connectivity index (χ2v) is 8.43. The summed E-state index contributed by atoms with van der Waals surface area (Å²) in [6.07, 6.45) is 1.83. The normalized spacial score (nSPS) is 26.4. The number of nitrogens with zero attached hydrogens (tertiary/aromatic N) is 1. The molecule has 0 aromatic heterocycles. The summed E-state index contributed by atoms with van der Waals surface area (Å²) in [4.78, 5) is 14.9. The molecule has 2 N–H and O–H groups in total. The number of hydrogen-bond donors (Lipinski definition) is 2. The number of piperidine rings is 2. The van der Waals surface area contributed by atoms with Gasteiger partial charge in [0.25, 0.3) is 0 Å². The van der Waals surface area contributed by atoms with Gasteiger partial charge in [-0.05, 0) is 61.8 Å². The Labute approximate surface area is 163 Å². The molecule has 27 heavy (non-hydrogen) atoms. The van der Waals surface area contributed by atoms with E-state index in [0.29, 0.717) is 25.5 Å². The summed E-state index contributed by atoms with van der Waals surface area (Å²) >= 11 is 0. The number of aryl methyl sites for hydroxylation is 1. The molecule has 1 spiro atoms. The molecule has 0 radical (unpaired) electrons. The molecule has 3 rings (SSSR count). The number of rotatable bonds is 5. The van der Waals surface area contributed by atoms with Crippen LogP contribution in [0.3, 0.4) is 0 Å². The summed E-state index contributed by atoms with van der Waals surface area (Å²) in [6.45, 7) is 12.2. The number of amides is 1. The molecule has 0 bridgehead atoms. The minimum Gasteiger partial charge on any atom is -0.494 e. The van der Waals surface area contributed by atoms with Gasteiger partial charge in [0.15, 0.2) is 0 Å². The van der Waals surface area contributed by atoms with Crippen molar-refractivity contribution in [3.05, 3.63) is 28.8 Å². The van der Waals surface area contributed by atoms with Gasteiger partial charge in [0.2, 0.25) is 5.91 Å². The highest BCUT2D eigenvalue weighted by Gasteiger charge is 2.49. The average molecular weight is 375 g/mol. The smallest absolute Gasteiger partial charge is 0.230 e. The summed E-state index contributed by atoms with van der Waals surface area (Å²) < 4.78 is 5.84. The number of carbonyl (C=O) groups excluding carboxylic acids is 1. The predicted molar refractivity (Wildman–Crippen MR) is 107 cm³/mol. The predicted octanol–water partition coefficient (Wildman–Crippen LogP) is 2.98. The maximum Gasteiger partial charge on any atom is 0.230 e. The van der Waals surface area contributed by atoms with E-state index in [1.54, 1.807) is 0 Å². The van der Waals surface area contributed by atoms with Crippen LogP contribution >= 0.6 is 0 Å². The van der Waals surface area contributed by atoms with Gasteiger partial charge in [0.1, 0.15) is 5.75 Å². The number of nitrogens with one attached hydrogen (secondary N) is 1. The monoisotopic (exact) mass is 374 g/mol. The van der Waals surface area contributed by atoms with Crippen LogP contribution in [0, 0.1) is 12.3 Å². The summed E-state index contributed by atoms with van der Waals surface area (Å²) in [5.74, 6) is 1.40. The first-order chi connectivity index (χ1) is 12.9. The first-order valence-corrected chi connectivity index (χ1v) is 10.3. The van der Waals surface area contributed by atoms with E-state index in [1.807, 2.05) is 6.92 Å². The first kappa shape index (κ1) is 20.2. The second kappa shape index (κ2) is 8.19. The lowest BCUT2D eigenvalue weighted by atomic mass is 9.71. The zero-order chi connectivity index (χ0) is 19.6. The van der Waals surface area contributed by atoms with Crippen molar-refractivity contribution in [2.45, 2.75) is 65.5 Å². The summed E-state index contributed by atoms with van der Waals surface area (Å²) in [6, 6.07) is 4.42. The van der Waals surface area contributed by atoms with Crippen LogP contribution < -0.4 is 10.1 Å². The lowest BCUT2D eigenvalue weighted by Crippen LogP contribution is -2.61. The van der Waals surface area contributed by atoms with Crippen LogP contribution in [0.1, 0.15) is 62.6 Å². The zero-order valence-electron chi connectivity index (χ0n) is 17.2. The van der Waals surface area contributed by atoms with Gasteiger partial charge >= 0.3 is 0 Å². The number of aliphatic hydroxyl groups excluding tert-OH is 1. The van der Waals surface area contributed by atoms with Crippen LogP contribution in [-0.2, 0) is 11.3 Å². The minimum absolute atomic E-state index is 0.0252. The molecule has 1 aromatic carbocycles. The molecule has 5 heteroatoms. The molecule has 2 fully saturated rings. The van der Waals surface area contributed by atoms with Crippen molar-refractivity contribution in [2.75, 3.05) is 26.2 Å². The lowest BCUT2D eigenvalue weighted by molar-refractivity contribution is -0.149. The van der Waals surface area contributed by atoms with E-state index in [-0.39, 0.29) is 5.91 Å². The van der Waals surface area contributed by atoms with Gasteiger partial charge in [-0.2, -0.15) is 0 Å². The third-order valence-corrected chi connectivity index (χ3v) is 6.18. The Hall–Kier alpha value is -1.59. The average Bonchev–Trinajstić information content (AvgIpc) is 2.62. The standard InChI is InChI=1S/C22H34N2O3/c1-5-27-19-11-16(4)17(12-18(19)15(2)3)13-24-10-7-20(25)22(14-24)8-6-9-23-21(22)26/h11-12,15,20,25H,5-10,13-14H2,1-4H3,(H,23,26)/t20-,22+/m0/s1. The van der Waals surface area contributed by atoms with Crippen LogP contribution in [0.2, 0.25) is 0 Å². The van der Waals surface area contributed by atoms with Crippen LogP contribution in [0.15, 0.2) is 12.1 Å². The quantitative estimate of drug-likeness (QED) is 0.832. The molecular formula is C22H34N2O3. The molecule has 0 saturated carbocycles. The lowest BCUT2D eigenvalue weighted by Gasteiger charge is -2.47. The summed E-state index contributed by atoms with van der Waals surface area (Å²) in [7, 11) is 0. The topological polar surface area (TPSA) is 61.8 Å². The van der Waals surface area contributed by atoms with Crippen molar-refractivity contribution in [1.82, 2.24) is 10.2 Å². The highest BCUT2D eigenvalue weighted by Crippen LogP contribution is 2.38. The molecule has 2 atom stereocenters. The van der Waals surface area contributed by atoms with E-state index in [0.717, 1.165) is 38.2 Å². The van der Waals surface area contributed by atoms with E-state index >= 15 is 0 Å². The Morgan fingerprint density at radius 1 is 1.41 bits per heavy atom. The SMILES string of the molecule is CCOc1cc(C)c(CN2CC[C@H](O)[C@@]3(CCCNC3=O)C2)cc1C(C)C. The van der Waals surface area contributed by atoms with Gasteiger partial charge in [-0.3, -0.25) is 9.69 Å². The van der Waals surface area contributed by atoms with E-state index in [9.17, 15) is 9.90 Å². The molecule has 2 aliphatic rings. The summed E-state index contributed by atoms with van der Waals surface area (Å²) in [5, 5.41) is 13.6. The number of likely N-dealkylation sites (tertiary alicyclic amines) is 1. The van der Waals surface area contributed by atoms with Crippen molar-refractivity contribution >= 4 is 5.91 Å². The van der Waals surface area contributed by atoms with Crippen molar-refractivity contribution in [3.8, 4) is 5.75 Å². The molecule has 1 aromatic rings. The Morgan fingerprint density at radius 3 is 2.85 bits per heavy atom. The number of aliphatic hydroxyl groups is 1. The van der Waals surface area contributed by atoms with Crippen molar-refractivity contribution in [1.29, 1.82) is 0 Å². The number of ether oxygens (including phenoxy) is 1. The molecule has 0 unspecified atom stereocenters. The van der Waals surface area contributed by atoms with E-state index in [4.69, 9.17) is 4.74 Å². The fraction of sp³-hybridized carbons (Fsp3) is 0.682. The van der Waals surface area contributed by atoms with E-state index in [2.05, 4.69) is 43.1 Å². The van der Waals surface area contributed by atoms with E-state index < -0.39 is 11.5 Å². The first-order valence-electron chi connectivity index (χ1n) is 10.3. The Bertz CT molecular complexity index is 688. The maximum atomic E-state index is 12.6. The largest absolute Gasteiger partial charge is 0.494 e. The number of hydrogen-bond acceptors (Lipinski definition) is 4. The number of carbonyl (C=O) groups is 1. The van der Waals surface area contributed by atoms with Gasteiger partial charge < -0.3 is 15.2 Å². The minimum atomic E-state index is -0.642. The molecule has 5 nitrogen and oxygen atoms in total. The molecule has 2 heterocycles. The van der Waals surface area contributed by atoms with Crippen molar-refractivity contribution in [2.24, 2.45) is 5.41 Å². The molecule has 1 amide bonds. The second-order valence-electron chi connectivity index (χ2n) is 8.43. The van der Waals surface area contributed by atoms with Gasteiger partial charge in [-0.15, -0.1) is 0 Å². The van der Waals surface area contributed by atoms with Gasteiger partial charge in [0.05, 0.1) is 18.1 Å². The third-order valence-electron chi connectivity index (χ3n) is 6.18. The van der Waals surface area contributed by atoms with Crippen LogP contribution in [0.5, 0.6) is 5.75 Å². The maximum absolute atomic E-state index is 12.6. The zero-order valence-corrected chi connectivity index (χ0v) is 17.2. The van der Waals surface area contributed by atoms with Crippen LogP contribution in [-0.4, -0.2) is 48.3 Å². The molecule has 150 valence electrons. The molecular weight excluding hydrogens is 340 g/mol. The molecule has 2 aliphatic heterocycles. The molecule has 0 aliphatic carbocycles.